The van der Waals surface area contributed by atoms with Crippen molar-refractivity contribution < 1.29 is 23.4 Å². The second-order valence-corrected chi connectivity index (χ2v) is 7.86. The van der Waals surface area contributed by atoms with Crippen LogP contribution in [0.2, 0.25) is 0 Å². The number of aliphatic hydroxyl groups is 1. The molecule has 9 nitrogen and oxygen atoms in total. The van der Waals surface area contributed by atoms with E-state index in [0.717, 1.165) is 12.1 Å². The van der Waals surface area contributed by atoms with Gasteiger partial charge < -0.3 is 15.2 Å². The largest absolute Gasteiger partial charge is 0.470 e. The van der Waals surface area contributed by atoms with E-state index in [1.54, 1.807) is 43.0 Å². The monoisotopic (exact) mass is 470 g/mol. The van der Waals surface area contributed by atoms with Gasteiger partial charge >= 0.3 is 0 Å². The molecule has 0 fully saturated rings. The maximum atomic E-state index is 14.0. The van der Waals surface area contributed by atoms with E-state index in [9.17, 15) is 18.7 Å². The lowest BCUT2D eigenvalue weighted by atomic mass is 10.2. The summed E-state index contributed by atoms with van der Waals surface area (Å²) in [6.07, 6.45) is 1.63. The minimum Gasteiger partial charge on any atom is -0.470 e. The predicted molar refractivity (Wildman–Crippen MR) is 120 cm³/mol. The standard InChI is InChI=1S/C23H24F2N6O3/c1-12-10-30-20(22(33)28-19-13(2)29-31(8-9-32)15(19)4)14(3)27-21(30)23(26-12)34-11-16-17(24)6-5-7-18(16)25/h5-7,10,32H,8-9,11H2,1-4H3,(H,28,33). The highest BCUT2D eigenvalue weighted by molar-refractivity contribution is 6.05. The molecule has 0 aliphatic rings. The predicted octanol–water partition coefficient (Wildman–Crippen LogP) is 3.26. The van der Waals surface area contributed by atoms with Crippen LogP contribution in [0.15, 0.2) is 24.4 Å². The lowest BCUT2D eigenvalue weighted by Crippen LogP contribution is -2.17. The number of benzene rings is 1. The van der Waals surface area contributed by atoms with Crippen LogP contribution in [0.3, 0.4) is 0 Å². The van der Waals surface area contributed by atoms with Crippen LogP contribution in [0.25, 0.3) is 5.65 Å². The molecule has 178 valence electrons. The fourth-order valence-corrected chi connectivity index (χ4v) is 3.79. The van der Waals surface area contributed by atoms with Crippen molar-refractivity contribution in [3.63, 3.8) is 0 Å². The number of carbonyl (C=O) groups excluding carboxylic acids is 1. The van der Waals surface area contributed by atoms with E-state index in [2.05, 4.69) is 20.4 Å². The molecule has 0 aliphatic carbocycles. The number of halogens is 2. The van der Waals surface area contributed by atoms with E-state index in [1.165, 1.54) is 6.07 Å². The average Bonchev–Trinajstić information content (AvgIpc) is 3.24. The van der Waals surface area contributed by atoms with Crippen molar-refractivity contribution in [1.29, 1.82) is 0 Å². The lowest BCUT2D eigenvalue weighted by molar-refractivity contribution is 0.102. The van der Waals surface area contributed by atoms with Crippen molar-refractivity contribution in [2.75, 3.05) is 11.9 Å². The summed E-state index contributed by atoms with van der Waals surface area (Å²) >= 11 is 0. The van der Waals surface area contributed by atoms with Gasteiger partial charge in [-0.3, -0.25) is 13.9 Å². The highest BCUT2D eigenvalue weighted by Gasteiger charge is 2.23. The van der Waals surface area contributed by atoms with Gasteiger partial charge in [-0.1, -0.05) is 6.07 Å². The number of hydrogen-bond donors (Lipinski definition) is 2. The Labute approximate surface area is 194 Å². The normalized spacial score (nSPS) is 11.3. The number of aromatic nitrogens is 5. The second kappa shape index (κ2) is 9.18. The molecule has 1 amide bonds. The van der Waals surface area contributed by atoms with Gasteiger partial charge in [0, 0.05) is 6.20 Å². The summed E-state index contributed by atoms with van der Waals surface area (Å²) in [7, 11) is 0. The molecule has 34 heavy (non-hydrogen) atoms. The zero-order valence-corrected chi connectivity index (χ0v) is 19.2. The topological polar surface area (TPSA) is 107 Å². The molecular formula is C23H24F2N6O3. The van der Waals surface area contributed by atoms with E-state index >= 15 is 0 Å². The van der Waals surface area contributed by atoms with Gasteiger partial charge in [-0.2, -0.15) is 5.10 Å². The molecule has 4 rings (SSSR count). The first-order valence-electron chi connectivity index (χ1n) is 10.6. The number of rotatable bonds is 7. The van der Waals surface area contributed by atoms with Gasteiger partial charge in [-0.15, -0.1) is 0 Å². The summed E-state index contributed by atoms with van der Waals surface area (Å²) in [4.78, 5) is 22.0. The summed E-state index contributed by atoms with van der Waals surface area (Å²) < 4.78 is 36.8. The molecule has 1 aromatic carbocycles. The van der Waals surface area contributed by atoms with Crippen molar-refractivity contribution in [3.05, 3.63) is 70.1 Å². The molecule has 0 bridgehead atoms. The number of aliphatic hydroxyl groups excluding tert-OH is 1. The van der Waals surface area contributed by atoms with Crippen LogP contribution in [-0.2, 0) is 13.2 Å². The highest BCUT2D eigenvalue weighted by atomic mass is 19.1. The molecule has 0 unspecified atom stereocenters. The zero-order valence-electron chi connectivity index (χ0n) is 19.2. The summed E-state index contributed by atoms with van der Waals surface area (Å²) in [5, 5.41) is 16.4. The van der Waals surface area contributed by atoms with Gasteiger partial charge in [0.2, 0.25) is 5.65 Å². The lowest BCUT2D eigenvalue weighted by Gasteiger charge is -2.10. The Morgan fingerprint density at radius 2 is 1.82 bits per heavy atom. The Morgan fingerprint density at radius 3 is 2.50 bits per heavy atom. The SMILES string of the molecule is Cc1cn2c(C(=O)Nc3c(C)nn(CCO)c3C)c(C)nc2c(OCc2c(F)cccc2F)n1. The number of carbonyl (C=O) groups is 1. The molecule has 11 heteroatoms. The second-order valence-electron chi connectivity index (χ2n) is 7.86. The van der Waals surface area contributed by atoms with Gasteiger partial charge in [-0.25, -0.2) is 18.7 Å². The van der Waals surface area contributed by atoms with E-state index in [0.29, 0.717) is 35.0 Å². The van der Waals surface area contributed by atoms with Crippen LogP contribution < -0.4 is 10.1 Å². The number of amides is 1. The number of imidazole rings is 1. The summed E-state index contributed by atoms with van der Waals surface area (Å²) in [6, 6.07) is 3.57. The van der Waals surface area contributed by atoms with E-state index < -0.39 is 17.5 Å². The summed E-state index contributed by atoms with van der Waals surface area (Å²) in [6.45, 7) is 6.79. The molecule has 2 N–H and O–H groups in total. The van der Waals surface area contributed by atoms with Crippen molar-refractivity contribution in [2.45, 2.75) is 40.8 Å². The molecule has 0 saturated carbocycles. The van der Waals surface area contributed by atoms with Crippen LogP contribution >= 0.6 is 0 Å². The van der Waals surface area contributed by atoms with Crippen LogP contribution in [0, 0.1) is 39.3 Å². The first-order valence-corrected chi connectivity index (χ1v) is 10.6. The maximum absolute atomic E-state index is 14.0. The minimum absolute atomic E-state index is 0.0490. The third-order valence-corrected chi connectivity index (χ3v) is 5.43. The zero-order chi connectivity index (χ0) is 24.6. The van der Waals surface area contributed by atoms with Crippen molar-refractivity contribution >= 4 is 17.2 Å². The molecular weight excluding hydrogens is 446 g/mol. The van der Waals surface area contributed by atoms with Gasteiger partial charge in [-0.05, 0) is 39.8 Å². The van der Waals surface area contributed by atoms with Gasteiger partial charge in [0.15, 0.2) is 0 Å². The van der Waals surface area contributed by atoms with E-state index in [4.69, 9.17) is 4.74 Å². The summed E-state index contributed by atoms with van der Waals surface area (Å²) in [5.74, 6) is -1.82. The van der Waals surface area contributed by atoms with E-state index in [-0.39, 0.29) is 36.0 Å². The molecule has 3 heterocycles. The molecule has 0 radical (unpaired) electrons. The Hall–Kier alpha value is -3.86. The molecule has 0 atom stereocenters. The Bertz CT molecular complexity index is 1380. The fraction of sp³-hybridized carbons (Fsp3) is 0.304. The number of hydrogen-bond acceptors (Lipinski definition) is 6. The van der Waals surface area contributed by atoms with Crippen molar-refractivity contribution in [2.24, 2.45) is 0 Å². The molecule has 0 aliphatic heterocycles. The third-order valence-electron chi connectivity index (χ3n) is 5.43. The van der Waals surface area contributed by atoms with Gasteiger partial charge in [0.1, 0.15) is 23.9 Å². The highest BCUT2D eigenvalue weighted by Crippen LogP contribution is 2.25. The third kappa shape index (κ3) is 4.21. The number of ether oxygens (including phenoxy) is 1. The van der Waals surface area contributed by atoms with Crippen LogP contribution in [0.1, 0.15) is 38.8 Å². The van der Waals surface area contributed by atoms with Crippen molar-refractivity contribution in [1.82, 2.24) is 24.1 Å². The average molecular weight is 470 g/mol. The number of nitrogens with zero attached hydrogens (tertiary/aromatic N) is 5. The Balaban J connectivity index is 1.68. The number of aryl methyl sites for hydroxylation is 3. The molecule has 0 spiro atoms. The smallest absolute Gasteiger partial charge is 0.274 e. The van der Waals surface area contributed by atoms with Crippen LogP contribution in [-0.4, -0.2) is 41.8 Å². The fourth-order valence-electron chi connectivity index (χ4n) is 3.79. The first-order chi connectivity index (χ1) is 16.2. The van der Waals surface area contributed by atoms with Crippen LogP contribution in [0.4, 0.5) is 14.5 Å². The minimum atomic E-state index is -0.726. The van der Waals surface area contributed by atoms with Gasteiger partial charge in [0.25, 0.3) is 11.8 Å². The molecule has 3 aromatic heterocycles. The van der Waals surface area contributed by atoms with Crippen molar-refractivity contribution in [3.8, 4) is 5.88 Å². The van der Waals surface area contributed by atoms with Gasteiger partial charge in [0.05, 0.1) is 47.2 Å². The molecule has 0 saturated heterocycles. The Morgan fingerprint density at radius 1 is 1.12 bits per heavy atom. The quantitative estimate of drug-likeness (QED) is 0.430. The molecule has 4 aromatic rings. The van der Waals surface area contributed by atoms with Crippen LogP contribution in [0.5, 0.6) is 5.88 Å². The number of anilines is 1. The summed E-state index contributed by atoms with van der Waals surface area (Å²) in [5.41, 5.74) is 3.09. The number of fused-ring (bicyclic) bond motifs is 1. The van der Waals surface area contributed by atoms with E-state index in [1.807, 2.05) is 0 Å². The first kappa shape index (κ1) is 23.3. The number of nitrogens with one attached hydrogen (secondary N) is 1. The maximum Gasteiger partial charge on any atom is 0.274 e. The Kier molecular flexibility index (Phi) is 6.29.